The standard InChI is InChI=1S/C26H18Br2FNO5S/c1-34-22-11-16(10-20(28)24(22)35-14-15-3-2-4-19(29)9-15)12-23-25(32)30(26(33)36-23)13-21(31)17-5-7-18(27)8-6-17/h2-12H,13-14H2,1H3/b23-12+. The van der Waals surface area contributed by atoms with Gasteiger partial charge in [0, 0.05) is 10.0 Å². The van der Waals surface area contributed by atoms with Crippen molar-refractivity contribution in [3.63, 3.8) is 0 Å². The van der Waals surface area contributed by atoms with Crippen molar-refractivity contribution in [1.29, 1.82) is 0 Å². The van der Waals surface area contributed by atoms with Crippen molar-refractivity contribution >= 4 is 66.6 Å². The maximum Gasteiger partial charge on any atom is 0.293 e. The van der Waals surface area contributed by atoms with E-state index in [4.69, 9.17) is 9.47 Å². The maximum atomic E-state index is 13.4. The lowest BCUT2D eigenvalue weighted by molar-refractivity contribution is -0.122. The van der Waals surface area contributed by atoms with Gasteiger partial charge >= 0.3 is 0 Å². The van der Waals surface area contributed by atoms with Gasteiger partial charge in [-0.3, -0.25) is 19.3 Å². The zero-order valence-corrected chi connectivity index (χ0v) is 22.8. The van der Waals surface area contributed by atoms with Crippen LogP contribution >= 0.6 is 43.6 Å². The number of thioether (sulfide) groups is 1. The number of carbonyl (C=O) groups excluding carboxylic acids is 3. The molecule has 0 unspecified atom stereocenters. The molecule has 0 aromatic heterocycles. The summed E-state index contributed by atoms with van der Waals surface area (Å²) in [7, 11) is 1.47. The number of Topliss-reactive ketones (excluding diaryl/α,β-unsaturated/α-hetero) is 1. The van der Waals surface area contributed by atoms with E-state index < -0.39 is 11.1 Å². The summed E-state index contributed by atoms with van der Waals surface area (Å²) in [5.41, 5.74) is 1.64. The van der Waals surface area contributed by atoms with Gasteiger partial charge in [0.1, 0.15) is 12.4 Å². The highest BCUT2D eigenvalue weighted by Gasteiger charge is 2.36. The van der Waals surface area contributed by atoms with Crippen molar-refractivity contribution < 1.29 is 28.2 Å². The molecule has 0 N–H and O–H groups in total. The van der Waals surface area contributed by atoms with Gasteiger partial charge in [0.2, 0.25) is 0 Å². The highest BCUT2D eigenvalue weighted by atomic mass is 79.9. The number of hydrogen-bond donors (Lipinski definition) is 0. The molecule has 4 rings (SSSR count). The lowest BCUT2D eigenvalue weighted by Crippen LogP contribution is -2.33. The molecule has 0 bridgehead atoms. The van der Waals surface area contributed by atoms with Crippen LogP contribution in [-0.4, -0.2) is 35.5 Å². The van der Waals surface area contributed by atoms with E-state index in [0.717, 1.165) is 21.1 Å². The van der Waals surface area contributed by atoms with E-state index in [1.807, 2.05) is 0 Å². The van der Waals surface area contributed by atoms with E-state index in [9.17, 15) is 18.8 Å². The molecule has 6 nitrogen and oxygen atoms in total. The predicted octanol–water partition coefficient (Wildman–Crippen LogP) is 6.86. The molecule has 0 aliphatic carbocycles. The smallest absolute Gasteiger partial charge is 0.293 e. The minimum Gasteiger partial charge on any atom is -0.493 e. The Hall–Kier alpha value is -2.95. The lowest BCUT2D eigenvalue weighted by Gasteiger charge is -2.14. The minimum absolute atomic E-state index is 0.122. The maximum absolute atomic E-state index is 13.4. The number of hydrogen-bond acceptors (Lipinski definition) is 6. The van der Waals surface area contributed by atoms with Crippen LogP contribution < -0.4 is 9.47 Å². The van der Waals surface area contributed by atoms with Crippen LogP contribution in [0.3, 0.4) is 0 Å². The molecule has 0 atom stereocenters. The second-order valence-corrected chi connectivity index (χ2v) is 10.4. The Morgan fingerprint density at radius 1 is 1.08 bits per heavy atom. The van der Waals surface area contributed by atoms with Crippen molar-refractivity contribution in [2.45, 2.75) is 6.61 Å². The van der Waals surface area contributed by atoms with E-state index in [1.165, 1.54) is 19.2 Å². The molecule has 0 radical (unpaired) electrons. The summed E-state index contributed by atoms with van der Waals surface area (Å²) in [5.74, 6) is -0.444. The average Bonchev–Trinajstić information content (AvgIpc) is 3.10. The number of ketones is 1. The molecule has 184 valence electrons. The Balaban J connectivity index is 1.51. The van der Waals surface area contributed by atoms with Crippen LogP contribution in [0.5, 0.6) is 11.5 Å². The van der Waals surface area contributed by atoms with Crippen molar-refractivity contribution in [2.75, 3.05) is 13.7 Å². The van der Waals surface area contributed by atoms with Crippen LogP contribution in [0.1, 0.15) is 21.5 Å². The highest BCUT2D eigenvalue weighted by Crippen LogP contribution is 2.39. The van der Waals surface area contributed by atoms with Gasteiger partial charge in [-0.25, -0.2) is 4.39 Å². The number of halogens is 3. The molecule has 0 spiro atoms. The molecule has 1 aliphatic heterocycles. The number of nitrogens with zero attached hydrogens (tertiary/aromatic N) is 1. The number of benzene rings is 3. The second kappa shape index (κ2) is 11.4. The topological polar surface area (TPSA) is 72.9 Å². The first-order chi connectivity index (χ1) is 17.2. The minimum atomic E-state index is -0.544. The number of imide groups is 1. The lowest BCUT2D eigenvalue weighted by atomic mass is 10.1. The molecule has 10 heteroatoms. The summed E-state index contributed by atoms with van der Waals surface area (Å²) in [5, 5.41) is -0.516. The van der Waals surface area contributed by atoms with Gasteiger partial charge in [0.25, 0.3) is 11.1 Å². The zero-order chi connectivity index (χ0) is 25.8. The van der Waals surface area contributed by atoms with Gasteiger partial charge in [-0.05, 0) is 81.3 Å². The van der Waals surface area contributed by atoms with Crippen LogP contribution in [-0.2, 0) is 11.4 Å². The monoisotopic (exact) mass is 633 g/mol. The van der Waals surface area contributed by atoms with Gasteiger partial charge < -0.3 is 9.47 Å². The number of amides is 2. The van der Waals surface area contributed by atoms with Crippen LogP contribution in [0, 0.1) is 5.82 Å². The molecule has 0 saturated carbocycles. The third-order valence-corrected chi connectivity index (χ3v) is 7.19. The van der Waals surface area contributed by atoms with E-state index in [1.54, 1.807) is 54.6 Å². The fourth-order valence-electron chi connectivity index (χ4n) is 3.40. The number of rotatable bonds is 8. The van der Waals surface area contributed by atoms with E-state index in [0.29, 0.717) is 32.7 Å². The van der Waals surface area contributed by atoms with E-state index >= 15 is 0 Å². The van der Waals surface area contributed by atoms with Crippen molar-refractivity contribution in [2.24, 2.45) is 0 Å². The Morgan fingerprint density at radius 3 is 2.53 bits per heavy atom. The molecule has 36 heavy (non-hydrogen) atoms. The summed E-state index contributed by atoms with van der Waals surface area (Å²) in [4.78, 5) is 39.1. The van der Waals surface area contributed by atoms with Gasteiger partial charge in [0.05, 0.1) is 23.0 Å². The third kappa shape index (κ3) is 6.05. The first-order valence-corrected chi connectivity index (χ1v) is 12.9. The van der Waals surface area contributed by atoms with Crippen LogP contribution in [0.15, 0.2) is 74.5 Å². The third-order valence-electron chi connectivity index (χ3n) is 5.16. The van der Waals surface area contributed by atoms with Crippen molar-refractivity contribution in [1.82, 2.24) is 4.90 Å². The molecule has 1 saturated heterocycles. The fourth-order valence-corrected chi connectivity index (χ4v) is 5.08. The van der Waals surface area contributed by atoms with E-state index in [-0.39, 0.29) is 29.7 Å². The normalized spacial score (nSPS) is 14.4. The van der Waals surface area contributed by atoms with Gasteiger partial charge in [-0.1, -0.05) is 40.2 Å². The summed E-state index contributed by atoms with van der Waals surface area (Å²) in [6.45, 7) is -0.221. The summed E-state index contributed by atoms with van der Waals surface area (Å²) in [6, 6.07) is 16.1. The first-order valence-electron chi connectivity index (χ1n) is 10.5. The number of carbonyl (C=O) groups is 3. The first kappa shape index (κ1) is 26.1. The quantitative estimate of drug-likeness (QED) is 0.199. The summed E-state index contributed by atoms with van der Waals surface area (Å²) in [6.07, 6.45) is 1.55. The van der Waals surface area contributed by atoms with Gasteiger partial charge in [0.15, 0.2) is 17.3 Å². The summed E-state index contributed by atoms with van der Waals surface area (Å²) >= 11 is 7.53. The van der Waals surface area contributed by atoms with Crippen molar-refractivity contribution in [3.8, 4) is 11.5 Å². The Kier molecular flexibility index (Phi) is 8.28. The second-order valence-electron chi connectivity index (χ2n) is 7.65. The van der Waals surface area contributed by atoms with E-state index in [2.05, 4.69) is 31.9 Å². The average molecular weight is 635 g/mol. The zero-order valence-electron chi connectivity index (χ0n) is 18.8. The largest absolute Gasteiger partial charge is 0.493 e. The van der Waals surface area contributed by atoms with Crippen LogP contribution in [0.2, 0.25) is 0 Å². The van der Waals surface area contributed by atoms with Crippen molar-refractivity contribution in [3.05, 3.63) is 97.0 Å². The Bertz CT molecular complexity index is 1380. The molecule has 1 heterocycles. The molecule has 1 aliphatic rings. The number of methoxy groups -OCH3 is 1. The molecule has 3 aromatic rings. The van der Waals surface area contributed by atoms with Crippen LogP contribution in [0.4, 0.5) is 9.18 Å². The summed E-state index contributed by atoms with van der Waals surface area (Å²) < 4.78 is 26.1. The Morgan fingerprint density at radius 2 is 1.83 bits per heavy atom. The van der Waals surface area contributed by atoms with Gasteiger partial charge in [-0.2, -0.15) is 0 Å². The van der Waals surface area contributed by atoms with Gasteiger partial charge in [-0.15, -0.1) is 0 Å². The SMILES string of the molecule is COc1cc(/C=C2/SC(=O)N(CC(=O)c3ccc(Br)cc3)C2=O)cc(Br)c1OCc1cccc(F)c1. The predicted molar refractivity (Wildman–Crippen MR) is 143 cm³/mol. The van der Waals surface area contributed by atoms with Crippen LogP contribution in [0.25, 0.3) is 6.08 Å². The molecule has 3 aromatic carbocycles. The molecule has 1 fully saturated rings. The fraction of sp³-hybridized carbons (Fsp3) is 0.115. The molecular weight excluding hydrogens is 617 g/mol. The molecular formula is C26H18Br2FNO5S. The Labute approximate surface area is 227 Å². The highest BCUT2D eigenvalue weighted by molar-refractivity contribution is 9.10. The molecule has 2 amide bonds. The number of ether oxygens (including phenoxy) is 2.